The summed E-state index contributed by atoms with van der Waals surface area (Å²) in [5.74, 6) is 0.116. The summed E-state index contributed by atoms with van der Waals surface area (Å²) in [6.45, 7) is 4.15. The third-order valence-electron chi connectivity index (χ3n) is 1.57. The maximum Gasteiger partial charge on any atom is 0.143 e. The number of nitrogens with zero attached hydrogens (tertiary/aromatic N) is 1. The summed E-state index contributed by atoms with van der Waals surface area (Å²) in [5.41, 5.74) is 6.80. The molecule has 0 saturated carbocycles. The van der Waals surface area contributed by atoms with Crippen LogP contribution in [0.25, 0.3) is 0 Å². The van der Waals surface area contributed by atoms with Crippen LogP contribution in [0.3, 0.4) is 0 Å². The molecule has 0 amide bonds. The quantitative estimate of drug-likeness (QED) is 0.733. The third kappa shape index (κ3) is 2.19. The van der Waals surface area contributed by atoms with Gasteiger partial charge in [0.15, 0.2) is 0 Å². The molecule has 0 aliphatic rings. The molecule has 2 nitrogen and oxygen atoms in total. The molecule has 0 fully saturated rings. The highest BCUT2D eigenvalue weighted by molar-refractivity contribution is 5.42. The molecule has 0 aliphatic heterocycles. The van der Waals surface area contributed by atoms with Crippen molar-refractivity contribution in [3.63, 3.8) is 0 Å². The van der Waals surface area contributed by atoms with E-state index in [9.17, 15) is 4.39 Å². The minimum atomic E-state index is -0.375. The Morgan fingerprint density at radius 3 is 2.75 bits per heavy atom. The van der Waals surface area contributed by atoms with E-state index in [0.717, 1.165) is 12.1 Å². The average molecular weight is 168 g/mol. The Bertz CT molecular complexity index is 271. The van der Waals surface area contributed by atoms with Crippen LogP contribution in [0.5, 0.6) is 0 Å². The summed E-state index contributed by atoms with van der Waals surface area (Å²) in [6, 6.07) is 1.31. The summed E-state index contributed by atoms with van der Waals surface area (Å²) in [6.07, 6.45) is 2.00. The van der Waals surface area contributed by atoms with E-state index in [0.29, 0.717) is 11.6 Å². The lowest BCUT2D eigenvalue weighted by molar-refractivity contribution is 0.607. The molecule has 3 heteroatoms. The van der Waals surface area contributed by atoms with E-state index in [4.69, 9.17) is 5.73 Å². The van der Waals surface area contributed by atoms with Crippen LogP contribution in [-0.2, 0) is 6.42 Å². The van der Waals surface area contributed by atoms with Gasteiger partial charge in [-0.3, -0.25) is 4.98 Å². The highest BCUT2D eigenvalue weighted by Crippen LogP contribution is 2.13. The molecule has 0 bridgehead atoms. The first-order chi connectivity index (χ1) is 5.59. The summed E-state index contributed by atoms with van der Waals surface area (Å²) < 4.78 is 12.5. The van der Waals surface area contributed by atoms with Crippen molar-refractivity contribution < 1.29 is 4.39 Å². The molecule has 66 valence electrons. The summed E-state index contributed by atoms with van der Waals surface area (Å²) >= 11 is 0. The standard InChI is InChI=1S/C9H13FN2/c1-6(2)3-9-8(11)4-7(10)5-12-9/h4-6H,3,11H2,1-2H3. The summed E-state index contributed by atoms with van der Waals surface area (Å²) in [5, 5.41) is 0. The van der Waals surface area contributed by atoms with Crippen LogP contribution in [-0.4, -0.2) is 4.98 Å². The number of rotatable bonds is 2. The van der Waals surface area contributed by atoms with Gasteiger partial charge in [-0.25, -0.2) is 4.39 Å². The Labute approximate surface area is 71.6 Å². The second-order valence-electron chi connectivity index (χ2n) is 3.29. The summed E-state index contributed by atoms with van der Waals surface area (Å²) in [4.78, 5) is 3.92. The lowest BCUT2D eigenvalue weighted by Gasteiger charge is -2.06. The van der Waals surface area contributed by atoms with Crippen molar-refractivity contribution in [3.8, 4) is 0 Å². The van der Waals surface area contributed by atoms with Crippen molar-refractivity contribution in [1.29, 1.82) is 0 Å². The highest BCUT2D eigenvalue weighted by Gasteiger charge is 2.04. The van der Waals surface area contributed by atoms with Crippen molar-refractivity contribution in [1.82, 2.24) is 4.98 Å². The highest BCUT2D eigenvalue weighted by atomic mass is 19.1. The molecular formula is C9H13FN2. The maximum atomic E-state index is 12.5. The van der Waals surface area contributed by atoms with Gasteiger partial charge in [0.25, 0.3) is 0 Å². The van der Waals surface area contributed by atoms with Crippen LogP contribution in [0.4, 0.5) is 10.1 Å². The van der Waals surface area contributed by atoms with Crippen LogP contribution in [0.2, 0.25) is 0 Å². The Morgan fingerprint density at radius 1 is 1.58 bits per heavy atom. The van der Waals surface area contributed by atoms with Gasteiger partial charge < -0.3 is 5.73 Å². The zero-order valence-corrected chi connectivity index (χ0v) is 7.34. The summed E-state index contributed by atoms with van der Waals surface area (Å²) in [7, 11) is 0. The van der Waals surface area contributed by atoms with Gasteiger partial charge in [0, 0.05) is 6.07 Å². The van der Waals surface area contributed by atoms with Crippen molar-refractivity contribution in [2.45, 2.75) is 20.3 Å². The van der Waals surface area contributed by atoms with Crippen LogP contribution < -0.4 is 5.73 Å². The van der Waals surface area contributed by atoms with E-state index in [1.54, 1.807) is 0 Å². The monoisotopic (exact) mass is 168 g/mol. The molecule has 1 aromatic heterocycles. The van der Waals surface area contributed by atoms with E-state index < -0.39 is 0 Å². The predicted molar refractivity (Wildman–Crippen MR) is 47.1 cm³/mol. The van der Waals surface area contributed by atoms with Crippen LogP contribution >= 0.6 is 0 Å². The minimum absolute atomic E-state index is 0.375. The van der Waals surface area contributed by atoms with E-state index in [2.05, 4.69) is 18.8 Å². The van der Waals surface area contributed by atoms with Crippen molar-refractivity contribution in [2.24, 2.45) is 5.92 Å². The predicted octanol–water partition coefficient (Wildman–Crippen LogP) is 2.00. The molecule has 0 saturated heterocycles. The lowest BCUT2D eigenvalue weighted by atomic mass is 10.1. The number of hydrogen-bond donors (Lipinski definition) is 1. The average Bonchev–Trinajstić information content (AvgIpc) is 1.94. The molecule has 0 aliphatic carbocycles. The number of anilines is 1. The van der Waals surface area contributed by atoms with E-state index in [1.165, 1.54) is 12.3 Å². The molecule has 1 heterocycles. The SMILES string of the molecule is CC(C)Cc1ncc(F)cc1N. The van der Waals surface area contributed by atoms with Crippen LogP contribution in [0.1, 0.15) is 19.5 Å². The number of nitrogens with two attached hydrogens (primary N) is 1. The van der Waals surface area contributed by atoms with E-state index in [-0.39, 0.29) is 5.82 Å². The molecular weight excluding hydrogens is 155 g/mol. The molecule has 0 atom stereocenters. The lowest BCUT2D eigenvalue weighted by Crippen LogP contribution is -2.02. The van der Waals surface area contributed by atoms with Gasteiger partial charge in [0.2, 0.25) is 0 Å². The Kier molecular flexibility index (Phi) is 2.63. The van der Waals surface area contributed by atoms with Crippen LogP contribution in [0, 0.1) is 11.7 Å². The van der Waals surface area contributed by atoms with E-state index >= 15 is 0 Å². The number of nitrogen functional groups attached to an aromatic ring is 1. The normalized spacial score (nSPS) is 10.7. The van der Waals surface area contributed by atoms with Gasteiger partial charge in [-0.1, -0.05) is 13.8 Å². The first-order valence-corrected chi connectivity index (χ1v) is 3.99. The number of aromatic nitrogens is 1. The van der Waals surface area contributed by atoms with Crippen LogP contribution in [0.15, 0.2) is 12.3 Å². The zero-order valence-electron chi connectivity index (χ0n) is 7.34. The van der Waals surface area contributed by atoms with Crippen molar-refractivity contribution >= 4 is 5.69 Å². The number of halogens is 1. The Balaban J connectivity index is 2.86. The molecule has 0 aromatic carbocycles. The van der Waals surface area contributed by atoms with Gasteiger partial charge in [0.1, 0.15) is 5.82 Å². The number of hydrogen-bond acceptors (Lipinski definition) is 2. The molecule has 1 aromatic rings. The first kappa shape index (κ1) is 8.97. The molecule has 0 radical (unpaired) electrons. The van der Waals surface area contributed by atoms with Gasteiger partial charge >= 0.3 is 0 Å². The smallest absolute Gasteiger partial charge is 0.143 e. The van der Waals surface area contributed by atoms with Crippen molar-refractivity contribution in [3.05, 3.63) is 23.8 Å². The first-order valence-electron chi connectivity index (χ1n) is 3.99. The molecule has 12 heavy (non-hydrogen) atoms. The third-order valence-corrected chi connectivity index (χ3v) is 1.57. The minimum Gasteiger partial charge on any atom is -0.397 e. The zero-order chi connectivity index (χ0) is 9.14. The Hall–Kier alpha value is -1.12. The Morgan fingerprint density at radius 2 is 2.25 bits per heavy atom. The van der Waals surface area contributed by atoms with Crippen molar-refractivity contribution in [2.75, 3.05) is 5.73 Å². The van der Waals surface area contributed by atoms with Gasteiger partial charge in [-0.2, -0.15) is 0 Å². The molecule has 0 unspecified atom stereocenters. The fraction of sp³-hybridized carbons (Fsp3) is 0.444. The topological polar surface area (TPSA) is 38.9 Å². The fourth-order valence-corrected chi connectivity index (χ4v) is 1.04. The van der Waals surface area contributed by atoms with Gasteiger partial charge in [-0.15, -0.1) is 0 Å². The van der Waals surface area contributed by atoms with Gasteiger partial charge in [0.05, 0.1) is 17.6 Å². The molecule has 1 rings (SSSR count). The molecule has 0 spiro atoms. The van der Waals surface area contributed by atoms with E-state index in [1.807, 2.05) is 0 Å². The second-order valence-corrected chi connectivity index (χ2v) is 3.29. The largest absolute Gasteiger partial charge is 0.397 e. The number of pyridine rings is 1. The second kappa shape index (κ2) is 3.52. The molecule has 2 N–H and O–H groups in total. The van der Waals surface area contributed by atoms with Gasteiger partial charge in [-0.05, 0) is 12.3 Å². The maximum absolute atomic E-state index is 12.5. The fourth-order valence-electron chi connectivity index (χ4n) is 1.04.